The molecule has 3 aromatic heterocycles. The van der Waals surface area contributed by atoms with Crippen molar-refractivity contribution in [3.63, 3.8) is 0 Å². The molecule has 0 aliphatic heterocycles. The standard InChI is InChI=1S/C15H15N5OS/c1-10-13-5-12(7-17-15(13)20-19-10)18-14(21)9-22-8-11-3-2-4-16-6-11/h2-7H,8-9H2,1H3,(H,18,21)(H,17,19,20). The van der Waals surface area contributed by atoms with Gasteiger partial charge in [0.25, 0.3) is 0 Å². The van der Waals surface area contributed by atoms with Crippen LogP contribution in [0.15, 0.2) is 36.8 Å². The summed E-state index contributed by atoms with van der Waals surface area (Å²) in [6.45, 7) is 1.92. The summed E-state index contributed by atoms with van der Waals surface area (Å²) in [6, 6.07) is 5.77. The van der Waals surface area contributed by atoms with E-state index in [9.17, 15) is 4.79 Å². The minimum atomic E-state index is -0.0452. The maximum Gasteiger partial charge on any atom is 0.234 e. The van der Waals surface area contributed by atoms with Crippen LogP contribution < -0.4 is 5.32 Å². The normalized spacial score (nSPS) is 10.8. The lowest BCUT2D eigenvalue weighted by Gasteiger charge is -2.05. The number of nitrogens with zero attached hydrogens (tertiary/aromatic N) is 3. The third-order valence-electron chi connectivity index (χ3n) is 3.11. The lowest BCUT2D eigenvalue weighted by molar-refractivity contribution is -0.113. The van der Waals surface area contributed by atoms with E-state index >= 15 is 0 Å². The number of carbonyl (C=O) groups excluding carboxylic acids is 1. The molecule has 0 bridgehead atoms. The number of pyridine rings is 2. The Balaban J connectivity index is 1.55. The van der Waals surface area contributed by atoms with Crippen LogP contribution in [0.5, 0.6) is 0 Å². The lowest BCUT2D eigenvalue weighted by Crippen LogP contribution is -2.14. The molecule has 0 aliphatic rings. The van der Waals surface area contributed by atoms with Gasteiger partial charge in [0, 0.05) is 29.2 Å². The predicted molar refractivity (Wildman–Crippen MR) is 87.7 cm³/mol. The van der Waals surface area contributed by atoms with E-state index < -0.39 is 0 Å². The largest absolute Gasteiger partial charge is 0.324 e. The molecule has 6 nitrogen and oxygen atoms in total. The topological polar surface area (TPSA) is 83.6 Å². The quantitative estimate of drug-likeness (QED) is 0.756. The van der Waals surface area contributed by atoms with Crippen molar-refractivity contribution in [2.24, 2.45) is 0 Å². The molecule has 1 amide bonds. The second kappa shape index (κ2) is 6.57. The van der Waals surface area contributed by atoms with Crippen molar-refractivity contribution in [2.75, 3.05) is 11.1 Å². The average molecular weight is 313 g/mol. The second-order valence-electron chi connectivity index (χ2n) is 4.85. The molecule has 0 fully saturated rings. The summed E-state index contributed by atoms with van der Waals surface area (Å²) in [7, 11) is 0. The van der Waals surface area contributed by atoms with E-state index in [1.165, 1.54) is 0 Å². The third-order valence-corrected chi connectivity index (χ3v) is 4.11. The number of hydrogen-bond acceptors (Lipinski definition) is 5. The van der Waals surface area contributed by atoms with E-state index in [0.717, 1.165) is 22.4 Å². The second-order valence-corrected chi connectivity index (χ2v) is 5.83. The fourth-order valence-corrected chi connectivity index (χ4v) is 2.80. The Labute approximate surface area is 131 Å². The first kappa shape index (κ1) is 14.5. The van der Waals surface area contributed by atoms with Crippen LogP contribution >= 0.6 is 11.8 Å². The van der Waals surface area contributed by atoms with Crippen LogP contribution in [0.25, 0.3) is 11.0 Å². The van der Waals surface area contributed by atoms with Gasteiger partial charge in [-0.2, -0.15) is 5.10 Å². The first-order valence-electron chi connectivity index (χ1n) is 6.79. The fraction of sp³-hybridized carbons (Fsp3) is 0.200. The Bertz CT molecular complexity index is 787. The summed E-state index contributed by atoms with van der Waals surface area (Å²) in [5.74, 6) is 1.10. The molecular weight excluding hydrogens is 298 g/mol. The van der Waals surface area contributed by atoms with Crippen LogP contribution in [0.4, 0.5) is 5.69 Å². The van der Waals surface area contributed by atoms with Crippen molar-refractivity contribution in [3.8, 4) is 0 Å². The summed E-state index contributed by atoms with van der Waals surface area (Å²) >= 11 is 1.55. The molecule has 0 aliphatic carbocycles. The number of aromatic amines is 1. The first-order chi connectivity index (χ1) is 10.7. The van der Waals surface area contributed by atoms with Gasteiger partial charge in [-0.25, -0.2) is 4.98 Å². The number of aryl methyl sites for hydroxylation is 1. The smallest absolute Gasteiger partial charge is 0.234 e. The van der Waals surface area contributed by atoms with Gasteiger partial charge in [-0.1, -0.05) is 6.07 Å². The van der Waals surface area contributed by atoms with E-state index in [2.05, 4.69) is 25.5 Å². The highest BCUT2D eigenvalue weighted by Crippen LogP contribution is 2.18. The van der Waals surface area contributed by atoms with Gasteiger partial charge in [0.05, 0.1) is 17.6 Å². The van der Waals surface area contributed by atoms with Crippen LogP contribution in [0.3, 0.4) is 0 Å². The number of anilines is 1. The minimum Gasteiger partial charge on any atom is -0.324 e. The molecule has 3 rings (SSSR count). The van der Waals surface area contributed by atoms with E-state index in [1.807, 2.05) is 31.3 Å². The number of hydrogen-bond donors (Lipinski definition) is 2. The molecule has 0 saturated carbocycles. The molecule has 2 N–H and O–H groups in total. The summed E-state index contributed by atoms with van der Waals surface area (Å²) in [5.41, 5.74) is 3.38. The van der Waals surface area contributed by atoms with Crippen molar-refractivity contribution >= 4 is 34.4 Å². The van der Waals surface area contributed by atoms with Gasteiger partial charge in [0.15, 0.2) is 5.65 Å². The van der Waals surface area contributed by atoms with Crippen LogP contribution in [0, 0.1) is 6.92 Å². The van der Waals surface area contributed by atoms with Crippen molar-refractivity contribution < 1.29 is 4.79 Å². The molecule has 0 radical (unpaired) electrons. The zero-order chi connectivity index (χ0) is 15.4. The van der Waals surface area contributed by atoms with Gasteiger partial charge < -0.3 is 5.32 Å². The average Bonchev–Trinajstić information content (AvgIpc) is 2.89. The molecule has 0 unspecified atom stereocenters. The van der Waals surface area contributed by atoms with Crippen LogP contribution in [-0.2, 0) is 10.5 Å². The first-order valence-corrected chi connectivity index (χ1v) is 7.95. The van der Waals surface area contributed by atoms with Gasteiger partial charge >= 0.3 is 0 Å². The third kappa shape index (κ3) is 3.43. The number of thioether (sulfide) groups is 1. The minimum absolute atomic E-state index is 0.0452. The maximum atomic E-state index is 12.0. The van der Waals surface area contributed by atoms with Gasteiger partial charge in [0.1, 0.15) is 0 Å². The Morgan fingerprint density at radius 1 is 1.41 bits per heavy atom. The summed E-state index contributed by atoms with van der Waals surface area (Å²) in [4.78, 5) is 20.2. The van der Waals surface area contributed by atoms with Crippen LogP contribution in [0.2, 0.25) is 0 Å². The van der Waals surface area contributed by atoms with E-state index in [0.29, 0.717) is 17.1 Å². The Kier molecular flexibility index (Phi) is 4.34. The van der Waals surface area contributed by atoms with Gasteiger partial charge in [-0.15, -0.1) is 11.8 Å². The van der Waals surface area contributed by atoms with Gasteiger partial charge in [-0.05, 0) is 24.6 Å². The number of carbonyl (C=O) groups is 1. The molecule has 0 atom stereocenters. The monoisotopic (exact) mass is 313 g/mol. The number of fused-ring (bicyclic) bond motifs is 1. The number of nitrogens with one attached hydrogen (secondary N) is 2. The molecule has 7 heteroatoms. The zero-order valence-electron chi connectivity index (χ0n) is 12.0. The predicted octanol–water partition coefficient (Wildman–Crippen LogP) is 2.53. The van der Waals surface area contributed by atoms with E-state index in [1.54, 1.807) is 24.2 Å². The van der Waals surface area contributed by atoms with Crippen molar-refractivity contribution in [3.05, 3.63) is 48.0 Å². The molecule has 112 valence electrons. The van der Waals surface area contributed by atoms with E-state index in [4.69, 9.17) is 0 Å². The molecule has 0 aromatic carbocycles. The Morgan fingerprint density at radius 2 is 2.32 bits per heavy atom. The molecule has 3 heterocycles. The van der Waals surface area contributed by atoms with E-state index in [-0.39, 0.29) is 5.91 Å². The highest BCUT2D eigenvalue weighted by Gasteiger charge is 2.07. The number of rotatable bonds is 5. The Hall–Kier alpha value is -2.41. The summed E-state index contributed by atoms with van der Waals surface area (Å²) in [6.07, 6.45) is 5.17. The molecule has 0 saturated heterocycles. The molecule has 22 heavy (non-hydrogen) atoms. The lowest BCUT2D eigenvalue weighted by atomic mass is 10.2. The number of amides is 1. The number of H-pyrrole nitrogens is 1. The van der Waals surface area contributed by atoms with Gasteiger partial charge in [-0.3, -0.25) is 14.9 Å². The maximum absolute atomic E-state index is 12.0. The fourth-order valence-electron chi connectivity index (χ4n) is 2.03. The van der Waals surface area contributed by atoms with Crippen molar-refractivity contribution in [1.29, 1.82) is 0 Å². The molecular formula is C15H15N5OS. The number of aromatic nitrogens is 4. The summed E-state index contributed by atoms with van der Waals surface area (Å²) in [5, 5.41) is 10.7. The van der Waals surface area contributed by atoms with Crippen LogP contribution in [0.1, 0.15) is 11.3 Å². The highest BCUT2D eigenvalue weighted by molar-refractivity contribution is 7.99. The van der Waals surface area contributed by atoms with Gasteiger partial charge in [0.2, 0.25) is 5.91 Å². The summed E-state index contributed by atoms with van der Waals surface area (Å²) < 4.78 is 0. The molecule has 3 aromatic rings. The highest BCUT2D eigenvalue weighted by atomic mass is 32.2. The van der Waals surface area contributed by atoms with Crippen LogP contribution in [-0.4, -0.2) is 31.8 Å². The Morgan fingerprint density at radius 3 is 3.14 bits per heavy atom. The SMILES string of the molecule is Cc1[nH]nc2ncc(NC(=O)CSCc3cccnc3)cc12. The van der Waals surface area contributed by atoms with Crippen molar-refractivity contribution in [1.82, 2.24) is 20.2 Å². The van der Waals surface area contributed by atoms with Crippen molar-refractivity contribution in [2.45, 2.75) is 12.7 Å². The zero-order valence-corrected chi connectivity index (χ0v) is 12.9. The molecule has 0 spiro atoms.